The number of hydrogen-bond acceptors (Lipinski definition) is 7. The third kappa shape index (κ3) is 3.98. The Labute approximate surface area is 161 Å². The zero-order valence-corrected chi connectivity index (χ0v) is 15.5. The van der Waals surface area contributed by atoms with Gasteiger partial charge in [-0.05, 0) is 31.2 Å². The fraction of sp³-hybridized carbons (Fsp3) is 0.100. The Kier molecular flexibility index (Phi) is 4.84. The molecule has 134 valence electrons. The maximum Gasteiger partial charge on any atom is 0.232 e. The van der Waals surface area contributed by atoms with Crippen LogP contribution in [0.4, 0.5) is 17.6 Å². The number of rotatable bonds is 5. The summed E-state index contributed by atoms with van der Waals surface area (Å²) in [4.78, 5) is 18.6. The summed E-state index contributed by atoms with van der Waals surface area (Å²) < 4.78 is 0. The number of anilines is 3. The molecule has 0 amide bonds. The highest BCUT2D eigenvalue weighted by Crippen LogP contribution is 2.37. The zero-order valence-electron chi connectivity index (χ0n) is 14.7. The molecule has 0 aliphatic heterocycles. The maximum absolute atomic E-state index is 5.91. The average molecular weight is 374 g/mol. The summed E-state index contributed by atoms with van der Waals surface area (Å²) in [5.41, 5.74) is 7.78. The molecule has 0 saturated carbocycles. The monoisotopic (exact) mass is 374 g/mol. The van der Waals surface area contributed by atoms with Gasteiger partial charge in [-0.15, -0.1) is 11.8 Å². The molecule has 0 aliphatic rings. The minimum Gasteiger partial charge on any atom is -0.368 e. The molecule has 2 heterocycles. The van der Waals surface area contributed by atoms with Crippen molar-refractivity contribution >= 4 is 40.2 Å². The summed E-state index contributed by atoms with van der Waals surface area (Å²) in [5.74, 6) is 1.27. The van der Waals surface area contributed by atoms with Crippen LogP contribution in [-0.4, -0.2) is 19.9 Å². The number of nitrogens with two attached hydrogens (primary N) is 1. The lowest BCUT2D eigenvalue weighted by molar-refractivity contribution is 0.896. The van der Waals surface area contributed by atoms with E-state index in [-0.39, 0.29) is 11.2 Å². The van der Waals surface area contributed by atoms with Gasteiger partial charge < -0.3 is 11.1 Å². The Morgan fingerprint density at radius 1 is 0.926 bits per heavy atom. The number of thioether (sulfide) groups is 1. The molecule has 0 bridgehead atoms. The highest BCUT2D eigenvalue weighted by atomic mass is 32.2. The van der Waals surface area contributed by atoms with E-state index in [9.17, 15) is 0 Å². The second-order valence-electron chi connectivity index (χ2n) is 5.95. The summed E-state index contributed by atoms with van der Waals surface area (Å²) in [7, 11) is 0. The first-order valence-corrected chi connectivity index (χ1v) is 9.41. The minimum atomic E-state index is -0.00238. The fourth-order valence-electron chi connectivity index (χ4n) is 2.71. The van der Waals surface area contributed by atoms with Crippen LogP contribution in [0.3, 0.4) is 0 Å². The van der Waals surface area contributed by atoms with Gasteiger partial charge in [-0.2, -0.15) is 15.0 Å². The first kappa shape index (κ1) is 17.2. The van der Waals surface area contributed by atoms with Crippen LogP contribution in [-0.2, 0) is 0 Å². The van der Waals surface area contributed by atoms with Crippen molar-refractivity contribution in [3.63, 3.8) is 0 Å². The number of benzene rings is 2. The van der Waals surface area contributed by atoms with E-state index < -0.39 is 0 Å². The van der Waals surface area contributed by atoms with E-state index in [4.69, 9.17) is 5.73 Å². The Morgan fingerprint density at radius 3 is 2.56 bits per heavy atom. The molecule has 6 nitrogen and oxygen atoms in total. The Balaban J connectivity index is 1.60. The van der Waals surface area contributed by atoms with Crippen LogP contribution in [0.2, 0.25) is 0 Å². The molecule has 4 rings (SSSR count). The number of hydrogen-bond donors (Lipinski definition) is 2. The first-order chi connectivity index (χ1) is 13.2. The van der Waals surface area contributed by atoms with Crippen molar-refractivity contribution in [1.82, 2.24) is 19.9 Å². The third-order valence-electron chi connectivity index (χ3n) is 3.98. The van der Waals surface area contributed by atoms with E-state index in [1.807, 2.05) is 60.8 Å². The second kappa shape index (κ2) is 7.59. The van der Waals surface area contributed by atoms with E-state index in [1.165, 1.54) is 0 Å². The molecule has 3 N–H and O–H groups in total. The summed E-state index contributed by atoms with van der Waals surface area (Å²) in [6.45, 7) is 2.06. The zero-order chi connectivity index (χ0) is 18.6. The summed E-state index contributed by atoms with van der Waals surface area (Å²) >= 11 is 1.67. The van der Waals surface area contributed by atoms with Gasteiger partial charge in [-0.3, -0.25) is 4.98 Å². The molecule has 7 heteroatoms. The van der Waals surface area contributed by atoms with Crippen LogP contribution in [0.5, 0.6) is 0 Å². The standard InChI is InChI=1S/C20H18N6S/c1-13(27-17-11-12-22-16-10-6-5-9-15(16)17)18-24-19(21)26-20(25-18)23-14-7-3-2-4-8-14/h2-13H,1H3,(H3,21,23,24,25,26). The van der Waals surface area contributed by atoms with Gasteiger partial charge in [0.05, 0.1) is 10.8 Å². The van der Waals surface area contributed by atoms with E-state index in [0.717, 1.165) is 21.5 Å². The maximum atomic E-state index is 5.91. The molecule has 1 atom stereocenters. The van der Waals surface area contributed by atoms with Gasteiger partial charge in [0.2, 0.25) is 11.9 Å². The summed E-state index contributed by atoms with van der Waals surface area (Å²) in [6, 6.07) is 19.8. The van der Waals surface area contributed by atoms with Crippen LogP contribution >= 0.6 is 11.8 Å². The normalized spacial score (nSPS) is 12.0. The number of nitrogen functional groups attached to an aromatic ring is 1. The van der Waals surface area contributed by atoms with Gasteiger partial charge in [-0.1, -0.05) is 36.4 Å². The topological polar surface area (TPSA) is 89.6 Å². The van der Waals surface area contributed by atoms with Gasteiger partial charge in [-0.25, -0.2) is 0 Å². The Bertz CT molecular complexity index is 1060. The van der Waals surface area contributed by atoms with E-state index in [0.29, 0.717) is 11.8 Å². The van der Waals surface area contributed by atoms with Crippen LogP contribution in [0.15, 0.2) is 71.8 Å². The van der Waals surface area contributed by atoms with Crippen LogP contribution in [0.1, 0.15) is 18.0 Å². The molecule has 0 spiro atoms. The van der Waals surface area contributed by atoms with Crippen molar-refractivity contribution in [1.29, 1.82) is 0 Å². The third-order valence-corrected chi connectivity index (χ3v) is 5.15. The molecule has 4 aromatic rings. The lowest BCUT2D eigenvalue weighted by Gasteiger charge is -2.13. The van der Waals surface area contributed by atoms with Gasteiger partial charge in [0.25, 0.3) is 0 Å². The quantitative estimate of drug-likeness (QED) is 0.493. The molecule has 27 heavy (non-hydrogen) atoms. The smallest absolute Gasteiger partial charge is 0.232 e. The number of nitrogens with one attached hydrogen (secondary N) is 1. The minimum absolute atomic E-state index is 0.00238. The van der Waals surface area contributed by atoms with Gasteiger partial charge in [0.1, 0.15) is 5.82 Å². The average Bonchev–Trinajstić information content (AvgIpc) is 2.68. The first-order valence-electron chi connectivity index (χ1n) is 8.53. The van der Waals surface area contributed by atoms with E-state index in [1.54, 1.807) is 11.8 Å². The van der Waals surface area contributed by atoms with Gasteiger partial charge in [0.15, 0.2) is 0 Å². The lowest BCUT2D eigenvalue weighted by atomic mass is 10.2. The number of aromatic nitrogens is 4. The molecule has 0 saturated heterocycles. The SMILES string of the molecule is CC(Sc1ccnc2ccccc12)c1nc(N)nc(Nc2ccccc2)n1. The van der Waals surface area contributed by atoms with Crippen molar-refractivity contribution in [2.45, 2.75) is 17.1 Å². The molecule has 0 radical (unpaired) electrons. The number of fused-ring (bicyclic) bond motifs is 1. The lowest BCUT2D eigenvalue weighted by Crippen LogP contribution is -2.08. The van der Waals surface area contributed by atoms with Crippen molar-refractivity contribution in [2.75, 3.05) is 11.1 Å². The molecular weight excluding hydrogens is 356 g/mol. The Morgan fingerprint density at radius 2 is 1.70 bits per heavy atom. The summed E-state index contributed by atoms with van der Waals surface area (Å²) in [6.07, 6.45) is 1.82. The molecule has 1 unspecified atom stereocenters. The van der Waals surface area contributed by atoms with Crippen LogP contribution < -0.4 is 11.1 Å². The summed E-state index contributed by atoms with van der Waals surface area (Å²) in [5, 5.41) is 4.28. The number of pyridine rings is 1. The second-order valence-corrected chi connectivity index (χ2v) is 7.34. The van der Waals surface area contributed by atoms with E-state index >= 15 is 0 Å². The van der Waals surface area contributed by atoms with Gasteiger partial charge in [0, 0.05) is 22.2 Å². The predicted octanol–water partition coefficient (Wildman–Crippen LogP) is 4.60. The molecule has 2 aromatic heterocycles. The van der Waals surface area contributed by atoms with Crippen molar-refractivity contribution in [3.05, 3.63) is 72.7 Å². The Hall–Kier alpha value is -3.19. The van der Waals surface area contributed by atoms with Crippen LogP contribution in [0, 0.1) is 0 Å². The fourth-order valence-corrected chi connectivity index (χ4v) is 3.74. The number of nitrogens with zero attached hydrogens (tertiary/aromatic N) is 4. The van der Waals surface area contributed by atoms with E-state index in [2.05, 4.69) is 38.2 Å². The highest BCUT2D eigenvalue weighted by molar-refractivity contribution is 7.99. The van der Waals surface area contributed by atoms with Gasteiger partial charge >= 0.3 is 0 Å². The molecular formula is C20H18N6S. The predicted molar refractivity (Wildman–Crippen MR) is 110 cm³/mol. The van der Waals surface area contributed by atoms with Crippen molar-refractivity contribution in [2.24, 2.45) is 0 Å². The number of para-hydroxylation sites is 2. The molecule has 0 fully saturated rings. The van der Waals surface area contributed by atoms with Crippen molar-refractivity contribution in [3.8, 4) is 0 Å². The molecule has 0 aliphatic carbocycles. The highest BCUT2D eigenvalue weighted by Gasteiger charge is 2.15. The van der Waals surface area contributed by atoms with Crippen LogP contribution in [0.25, 0.3) is 10.9 Å². The largest absolute Gasteiger partial charge is 0.368 e. The van der Waals surface area contributed by atoms with Crippen molar-refractivity contribution < 1.29 is 0 Å². The molecule has 2 aromatic carbocycles.